The molecule has 0 aromatic heterocycles. The summed E-state index contributed by atoms with van der Waals surface area (Å²) in [6.45, 7) is 4.82. The molecule has 4 heteroatoms. The summed E-state index contributed by atoms with van der Waals surface area (Å²) in [4.78, 5) is 11.8. The van der Waals surface area contributed by atoms with Crippen molar-refractivity contribution in [2.45, 2.75) is 26.3 Å². The Bertz CT molecular complexity index is 591. The first-order valence-corrected chi connectivity index (χ1v) is 7.31. The van der Waals surface area contributed by atoms with Crippen LogP contribution in [0.15, 0.2) is 48.5 Å². The molecule has 0 aliphatic heterocycles. The molecule has 21 heavy (non-hydrogen) atoms. The molecule has 3 nitrogen and oxygen atoms in total. The molecule has 2 aromatic rings. The number of hydrogen-bond acceptors (Lipinski definition) is 1. The quantitative estimate of drug-likeness (QED) is 0.838. The number of carbonyl (C=O) groups is 1. The number of benzene rings is 2. The van der Waals surface area contributed by atoms with Crippen LogP contribution < -0.4 is 10.6 Å². The average molecular weight is 303 g/mol. The molecule has 0 saturated heterocycles. The minimum atomic E-state index is -0.231. The number of amides is 2. The Labute approximate surface area is 130 Å². The van der Waals surface area contributed by atoms with Gasteiger partial charge in [0.1, 0.15) is 0 Å². The molecule has 0 saturated carbocycles. The number of nitrogens with one attached hydrogen (secondary N) is 2. The van der Waals surface area contributed by atoms with E-state index in [1.165, 1.54) is 5.56 Å². The van der Waals surface area contributed by atoms with Crippen molar-refractivity contribution < 1.29 is 4.79 Å². The van der Waals surface area contributed by atoms with E-state index in [2.05, 4.69) is 36.6 Å². The van der Waals surface area contributed by atoms with Crippen molar-refractivity contribution >= 4 is 23.3 Å². The van der Waals surface area contributed by atoms with Gasteiger partial charge in [0.25, 0.3) is 0 Å². The molecule has 0 fully saturated rings. The highest BCUT2D eigenvalue weighted by Crippen LogP contribution is 2.15. The van der Waals surface area contributed by atoms with Crippen molar-refractivity contribution in [3.8, 4) is 0 Å². The van der Waals surface area contributed by atoms with Crippen LogP contribution in [0.4, 0.5) is 10.5 Å². The van der Waals surface area contributed by atoms with E-state index in [0.29, 0.717) is 23.2 Å². The average Bonchev–Trinajstić information content (AvgIpc) is 2.48. The van der Waals surface area contributed by atoms with E-state index in [-0.39, 0.29) is 6.03 Å². The number of hydrogen-bond donors (Lipinski definition) is 2. The molecule has 0 heterocycles. The Hall–Kier alpha value is -2.00. The van der Waals surface area contributed by atoms with E-state index in [1.807, 2.05) is 12.1 Å². The topological polar surface area (TPSA) is 41.1 Å². The number of halogens is 1. The summed E-state index contributed by atoms with van der Waals surface area (Å²) >= 11 is 5.80. The summed E-state index contributed by atoms with van der Waals surface area (Å²) in [6, 6.07) is 15.0. The smallest absolute Gasteiger partial charge is 0.319 e. The van der Waals surface area contributed by atoms with Gasteiger partial charge in [-0.15, -0.1) is 0 Å². The SMILES string of the molecule is CC(C)c1ccc(CNC(=O)Nc2ccc(Cl)cc2)cc1. The van der Waals surface area contributed by atoms with E-state index in [9.17, 15) is 4.79 Å². The van der Waals surface area contributed by atoms with E-state index in [1.54, 1.807) is 24.3 Å². The molecule has 0 radical (unpaired) electrons. The lowest BCUT2D eigenvalue weighted by atomic mass is 10.0. The van der Waals surface area contributed by atoms with Crippen LogP contribution in [0.5, 0.6) is 0 Å². The lowest BCUT2D eigenvalue weighted by Crippen LogP contribution is -2.28. The fraction of sp³-hybridized carbons (Fsp3) is 0.235. The standard InChI is InChI=1S/C17H19ClN2O/c1-12(2)14-5-3-13(4-6-14)11-19-17(21)20-16-9-7-15(18)8-10-16/h3-10,12H,11H2,1-2H3,(H2,19,20,21). The van der Waals surface area contributed by atoms with Gasteiger partial charge in [-0.05, 0) is 41.3 Å². The van der Waals surface area contributed by atoms with Gasteiger partial charge in [0.2, 0.25) is 0 Å². The van der Waals surface area contributed by atoms with Crippen LogP contribution in [-0.4, -0.2) is 6.03 Å². The maximum Gasteiger partial charge on any atom is 0.319 e. The van der Waals surface area contributed by atoms with Crippen molar-refractivity contribution in [1.82, 2.24) is 5.32 Å². The largest absolute Gasteiger partial charge is 0.334 e. The van der Waals surface area contributed by atoms with Crippen LogP contribution in [0.25, 0.3) is 0 Å². The van der Waals surface area contributed by atoms with Gasteiger partial charge in [0.15, 0.2) is 0 Å². The van der Waals surface area contributed by atoms with Crippen LogP contribution in [0.2, 0.25) is 5.02 Å². The van der Waals surface area contributed by atoms with Crippen molar-refractivity contribution in [2.75, 3.05) is 5.32 Å². The van der Waals surface area contributed by atoms with Crippen LogP contribution in [0, 0.1) is 0 Å². The molecular weight excluding hydrogens is 284 g/mol. The van der Waals surface area contributed by atoms with E-state index >= 15 is 0 Å². The fourth-order valence-corrected chi connectivity index (χ4v) is 2.04. The molecule has 0 aliphatic rings. The molecule has 0 bridgehead atoms. The molecule has 2 rings (SSSR count). The van der Waals surface area contributed by atoms with Crippen LogP contribution in [0.1, 0.15) is 30.9 Å². The first kappa shape index (κ1) is 15.4. The first-order valence-electron chi connectivity index (χ1n) is 6.94. The summed E-state index contributed by atoms with van der Waals surface area (Å²) < 4.78 is 0. The Morgan fingerprint density at radius 3 is 2.24 bits per heavy atom. The second kappa shape index (κ2) is 7.14. The third-order valence-electron chi connectivity index (χ3n) is 3.20. The van der Waals surface area contributed by atoms with Crippen molar-refractivity contribution in [3.63, 3.8) is 0 Å². The second-order valence-corrected chi connectivity index (χ2v) is 5.65. The molecular formula is C17H19ClN2O. The summed E-state index contributed by atoms with van der Waals surface area (Å²) in [5, 5.41) is 6.23. The highest BCUT2D eigenvalue weighted by Gasteiger charge is 2.03. The summed E-state index contributed by atoms with van der Waals surface area (Å²) in [7, 11) is 0. The van der Waals surface area contributed by atoms with Crippen LogP contribution in [-0.2, 0) is 6.54 Å². The molecule has 0 aliphatic carbocycles. The van der Waals surface area contributed by atoms with E-state index < -0.39 is 0 Å². The Morgan fingerprint density at radius 2 is 1.67 bits per heavy atom. The first-order chi connectivity index (χ1) is 10.0. The highest BCUT2D eigenvalue weighted by molar-refractivity contribution is 6.30. The predicted octanol–water partition coefficient (Wildman–Crippen LogP) is 4.79. The number of rotatable bonds is 4. The molecule has 2 N–H and O–H groups in total. The molecule has 0 atom stereocenters. The lowest BCUT2D eigenvalue weighted by Gasteiger charge is -2.09. The fourth-order valence-electron chi connectivity index (χ4n) is 1.91. The number of carbonyl (C=O) groups excluding carboxylic acids is 1. The lowest BCUT2D eigenvalue weighted by molar-refractivity contribution is 0.251. The maximum absolute atomic E-state index is 11.8. The summed E-state index contributed by atoms with van der Waals surface area (Å²) in [5.41, 5.74) is 3.09. The molecule has 2 amide bonds. The second-order valence-electron chi connectivity index (χ2n) is 5.21. The van der Waals surface area contributed by atoms with Gasteiger partial charge >= 0.3 is 6.03 Å². The number of anilines is 1. The number of urea groups is 1. The van der Waals surface area contributed by atoms with Crippen LogP contribution in [0.3, 0.4) is 0 Å². The van der Waals surface area contributed by atoms with E-state index in [0.717, 1.165) is 5.56 Å². The zero-order valence-electron chi connectivity index (χ0n) is 12.2. The van der Waals surface area contributed by atoms with Gasteiger partial charge in [-0.1, -0.05) is 49.7 Å². The van der Waals surface area contributed by atoms with E-state index in [4.69, 9.17) is 11.6 Å². The van der Waals surface area contributed by atoms with Crippen LogP contribution >= 0.6 is 11.6 Å². The minimum Gasteiger partial charge on any atom is -0.334 e. The zero-order valence-corrected chi connectivity index (χ0v) is 12.9. The molecule has 110 valence electrons. The summed E-state index contributed by atoms with van der Waals surface area (Å²) in [5.74, 6) is 0.514. The Balaban J connectivity index is 1.84. The zero-order chi connectivity index (χ0) is 15.2. The van der Waals surface area contributed by atoms with Gasteiger partial charge < -0.3 is 10.6 Å². The Kier molecular flexibility index (Phi) is 5.23. The monoisotopic (exact) mass is 302 g/mol. The van der Waals surface area contributed by atoms with Gasteiger partial charge in [-0.3, -0.25) is 0 Å². The van der Waals surface area contributed by atoms with Gasteiger partial charge in [-0.2, -0.15) is 0 Å². The third-order valence-corrected chi connectivity index (χ3v) is 3.45. The maximum atomic E-state index is 11.8. The van der Waals surface area contributed by atoms with Gasteiger partial charge in [0.05, 0.1) is 0 Å². The van der Waals surface area contributed by atoms with Crippen molar-refractivity contribution in [3.05, 3.63) is 64.7 Å². The van der Waals surface area contributed by atoms with Gasteiger partial charge in [-0.25, -0.2) is 4.79 Å². The highest BCUT2D eigenvalue weighted by atomic mass is 35.5. The molecule has 0 spiro atoms. The van der Waals surface area contributed by atoms with Gasteiger partial charge in [0, 0.05) is 17.3 Å². The normalized spacial score (nSPS) is 10.5. The van der Waals surface area contributed by atoms with Crippen molar-refractivity contribution in [1.29, 1.82) is 0 Å². The summed E-state index contributed by atoms with van der Waals surface area (Å²) in [6.07, 6.45) is 0. The third kappa shape index (κ3) is 4.80. The predicted molar refractivity (Wildman–Crippen MR) is 87.8 cm³/mol. The van der Waals surface area contributed by atoms with Crippen molar-refractivity contribution in [2.24, 2.45) is 0 Å². The minimum absolute atomic E-state index is 0.231. The Morgan fingerprint density at radius 1 is 1.05 bits per heavy atom. The molecule has 2 aromatic carbocycles. The molecule has 0 unspecified atom stereocenters.